The average Bonchev–Trinajstić information content (AvgIpc) is 2.39. The van der Waals surface area contributed by atoms with Gasteiger partial charge in [0.15, 0.2) is 0 Å². The Labute approximate surface area is 108 Å². The van der Waals surface area contributed by atoms with Gasteiger partial charge in [0, 0.05) is 12.5 Å². The SMILES string of the molecule is CC(CC(N)=NO)NCCCOc1ccccc1. The van der Waals surface area contributed by atoms with E-state index < -0.39 is 0 Å². The quantitative estimate of drug-likeness (QED) is 0.215. The van der Waals surface area contributed by atoms with Crippen molar-refractivity contribution in [2.45, 2.75) is 25.8 Å². The van der Waals surface area contributed by atoms with Crippen molar-refractivity contribution in [1.29, 1.82) is 0 Å². The summed E-state index contributed by atoms with van der Waals surface area (Å²) in [6, 6.07) is 9.93. The number of hydrogen-bond donors (Lipinski definition) is 3. The summed E-state index contributed by atoms with van der Waals surface area (Å²) in [5, 5.41) is 14.7. The molecule has 0 spiro atoms. The summed E-state index contributed by atoms with van der Waals surface area (Å²) >= 11 is 0. The lowest BCUT2D eigenvalue weighted by atomic mass is 10.2. The van der Waals surface area contributed by atoms with Crippen molar-refractivity contribution in [3.8, 4) is 5.75 Å². The Bertz CT molecular complexity index is 355. The predicted molar refractivity (Wildman–Crippen MR) is 72.0 cm³/mol. The minimum absolute atomic E-state index is 0.192. The number of benzene rings is 1. The highest BCUT2D eigenvalue weighted by Gasteiger charge is 2.03. The van der Waals surface area contributed by atoms with Gasteiger partial charge in [0.1, 0.15) is 11.6 Å². The van der Waals surface area contributed by atoms with Crippen LogP contribution >= 0.6 is 0 Å². The number of nitrogens with one attached hydrogen (secondary N) is 1. The molecule has 0 aliphatic heterocycles. The maximum absolute atomic E-state index is 8.43. The molecule has 0 saturated heterocycles. The van der Waals surface area contributed by atoms with Crippen LogP contribution in [0.15, 0.2) is 35.5 Å². The van der Waals surface area contributed by atoms with E-state index >= 15 is 0 Å². The zero-order valence-corrected chi connectivity index (χ0v) is 10.7. The van der Waals surface area contributed by atoms with Gasteiger partial charge in [0.25, 0.3) is 0 Å². The number of rotatable bonds is 8. The maximum atomic E-state index is 8.43. The molecule has 0 aliphatic rings. The van der Waals surface area contributed by atoms with Gasteiger partial charge in [-0.2, -0.15) is 0 Å². The van der Waals surface area contributed by atoms with E-state index in [2.05, 4.69) is 10.5 Å². The lowest BCUT2D eigenvalue weighted by Crippen LogP contribution is -2.32. The molecule has 0 heterocycles. The van der Waals surface area contributed by atoms with Crippen molar-refractivity contribution in [1.82, 2.24) is 5.32 Å². The summed E-state index contributed by atoms with van der Waals surface area (Å²) in [6.45, 7) is 3.51. The predicted octanol–water partition coefficient (Wildman–Crippen LogP) is 1.57. The summed E-state index contributed by atoms with van der Waals surface area (Å²) in [5.74, 6) is 1.14. The molecule has 0 saturated carbocycles. The van der Waals surface area contributed by atoms with Gasteiger partial charge in [-0.15, -0.1) is 0 Å². The summed E-state index contributed by atoms with van der Waals surface area (Å²) in [4.78, 5) is 0. The van der Waals surface area contributed by atoms with Crippen molar-refractivity contribution in [3.05, 3.63) is 30.3 Å². The van der Waals surface area contributed by atoms with E-state index in [-0.39, 0.29) is 11.9 Å². The van der Waals surface area contributed by atoms with Crippen LogP contribution in [0.25, 0.3) is 0 Å². The molecular weight excluding hydrogens is 230 g/mol. The first-order valence-corrected chi connectivity index (χ1v) is 6.10. The molecule has 0 bridgehead atoms. The molecule has 1 aromatic carbocycles. The van der Waals surface area contributed by atoms with Crippen LogP contribution in [0.4, 0.5) is 0 Å². The Balaban J connectivity index is 2.05. The monoisotopic (exact) mass is 251 g/mol. The summed E-state index contributed by atoms with van der Waals surface area (Å²) in [7, 11) is 0. The molecule has 18 heavy (non-hydrogen) atoms. The highest BCUT2D eigenvalue weighted by Crippen LogP contribution is 2.08. The van der Waals surface area contributed by atoms with Gasteiger partial charge in [-0.1, -0.05) is 23.4 Å². The van der Waals surface area contributed by atoms with E-state index in [9.17, 15) is 0 Å². The van der Waals surface area contributed by atoms with Gasteiger partial charge in [0.05, 0.1) is 6.61 Å². The zero-order valence-electron chi connectivity index (χ0n) is 10.7. The summed E-state index contributed by atoms with van der Waals surface area (Å²) in [6.07, 6.45) is 1.45. The van der Waals surface area contributed by atoms with Gasteiger partial charge < -0.3 is 21.0 Å². The number of para-hydroxylation sites is 1. The van der Waals surface area contributed by atoms with E-state index in [0.29, 0.717) is 13.0 Å². The third-order valence-electron chi connectivity index (χ3n) is 2.47. The second kappa shape index (κ2) is 8.36. The second-order valence-corrected chi connectivity index (χ2v) is 4.17. The van der Waals surface area contributed by atoms with Crippen molar-refractivity contribution in [2.24, 2.45) is 10.9 Å². The number of nitrogens with two attached hydrogens (primary N) is 1. The molecule has 0 aromatic heterocycles. The van der Waals surface area contributed by atoms with E-state index in [1.54, 1.807) is 0 Å². The highest BCUT2D eigenvalue weighted by molar-refractivity contribution is 5.80. The number of amidine groups is 1. The van der Waals surface area contributed by atoms with Crippen LogP contribution in [0, 0.1) is 0 Å². The zero-order chi connectivity index (χ0) is 13.2. The summed E-state index contributed by atoms with van der Waals surface area (Å²) in [5.41, 5.74) is 5.42. The fourth-order valence-corrected chi connectivity index (χ4v) is 1.55. The largest absolute Gasteiger partial charge is 0.494 e. The van der Waals surface area contributed by atoms with Gasteiger partial charge in [-0.25, -0.2) is 0 Å². The molecular formula is C13H21N3O2. The van der Waals surface area contributed by atoms with Crippen LogP contribution in [0.5, 0.6) is 5.75 Å². The first-order valence-electron chi connectivity index (χ1n) is 6.10. The Morgan fingerprint density at radius 1 is 1.44 bits per heavy atom. The number of ether oxygens (including phenoxy) is 1. The Kier molecular flexibility index (Phi) is 6.64. The molecule has 0 aliphatic carbocycles. The van der Waals surface area contributed by atoms with Gasteiger partial charge in [0.2, 0.25) is 0 Å². The Morgan fingerprint density at radius 2 is 2.17 bits per heavy atom. The Morgan fingerprint density at radius 3 is 2.83 bits per heavy atom. The normalized spacial score (nSPS) is 13.3. The highest BCUT2D eigenvalue weighted by atomic mass is 16.5. The molecule has 1 rings (SSSR count). The van der Waals surface area contributed by atoms with E-state index in [1.807, 2.05) is 37.3 Å². The van der Waals surface area contributed by atoms with Crippen molar-refractivity contribution in [2.75, 3.05) is 13.2 Å². The molecule has 1 atom stereocenters. The molecule has 4 N–H and O–H groups in total. The van der Waals surface area contributed by atoms with Crippen LogP contribution in [-0.2, 0) is 0 Å². The third kappa shape index (κ3) is 6.10. The minimum Gasteiger partial charge on any atom is -0.494 e. The lowest BCUT2D eigenvalue weighted by Gasteiger charge is -2.13. The van der Waals surface area contributed by atoms with Crippen molar-refractivity contribution >= 4 is 5.84 Å². The smallest absolute Gasteiger partial charge is 0.140 e. The topological polar surface area (TPSA) is 79.9 Å². The number of nitrogens with zero attached hydrogens (tertiary/aromatic N) is 1. The van der Waals surface area contributed by atoms with Crippen LogP contribution < -0.4 is 15.8 Å². The first kappa shape index (κ1) is 14.3. The molecule has 1 unspecified atom stereocenters. The van der Waals surface area contributed by atoms with Crippen molar-refractivity contribution < 1.29 is 9.94 Å². The summed E-state index contributed by atoms with van der Waals surface area (Å²) < 4.78 is 5.56. The fraction of sp³-hybridized carbons (Fsp3) is 0.462. The lowest BCUT2D eigenvalue weighted by molar-refractivity contribution is 0.304. The second-order valence-electron chi connectivity index (χ2n) is 4.17. The van der Waals surface area contributed by atoms with Crippen LogP contribution in [0.1, 0.15) is 19.8 Å². The molecule has 5 nitrogen and oxygen atoms in total. The molecule has 0 amide bonds. The van der Waals surface area contributed by atoms with Crippen molar-refractivity contribution in [3.63, 3.8) is 0 Å². The van der Waals surface area contributed by atoms with Gasteiger partial charge in [-0.3, -0.25) is 0 Å². The van der Waals surface area contributed by atoms with Crippen LogP contribution in [-0.4, -0.2) is 30.2 Å². The van der Waals surface area contributed by atoms with Crippen LogP contribution in [0.3, 0.4) is 0 Å². The molecule has 5 heteroatoms. The van der Waals surface area contributed by atoms with Crippen LogP contribution in [0.2, 0.25) is 0 Å². The van der Waals surface area contributed by atoms with Gasteiger partial charge >= 0.3 is 0 Å². The molecule has 1 aromatic rings. The average molecular weight is 251 g/mol. The standard InChI is InChI=1S/C13H21N3O2/c1-11(10-13(14)16-17)15-8-5-9-18-12-6-3-2-4-7-12/h2-4,6-7,11,15,17H,5,8-10H2,1H3,(H2,14,16). The maximum Gasteiger partial charge on any atom is 0.140 e. The molecule has 0 radical (unpaired) electrons. The number of hydrogen-bond acceptors (Lipinski definition) is 4. The molecule has 0 fully saturated rings. The molecule has 100 valence electrons. The van der Waals surface area contributed by atoms with E-state index in [4.69, 9.17) is 15.7 Å². The van der Waals surface area contributed by atoms with Gasteiger partial charge in [-0.05, 0) is 32.0 Å². The third-order valence-corrected chi connectivity index (χ3v) is 2.47. The number of oxime groups is 1. The fourth-order valence-electron chi connectivity index (χ4n) is 1.55. The minimum atomic E-state index is 0.192. The first-order chi connectivity index (χ1) is 8.72. The van der Waals surface area contributed by atoms with E-state index in [1.165, 1.54) is 0 Å². The van der Waals surface area contributed by atoms with E-state index in [0.717, 1.165) is 18.7 Å². The Hall–Kier alpha value is -1.75.